The van der Waals surface area contributed by atoms with Crippen molar-refractivity contribution in [2.24, 2.45) is 5.92 Å². The summed E-state index contributed by atoms with van der Waals surface area (Å²) in [5, 5.41) is 10.5. The molecule has 3 aromatic rings. The van der Waals surface area contributed by atoms with Crippen molar-refractivity contribution in [3.8, 4) is 11.5 Å². The van der Waals surface area contributed by atoms with Crippen LogP contribution in [0.25, 0.3) is 11.5 Å². The van der Waals surface area contributed by atoms with Crippen molar-refractivity contribution in [3.63, 3.8) is 0 Å². The molecule has 0 unspecified atom stereocenters. The molecular formula is C21H20N4O4S. The minimum absolute atomic E-state index is 0.00607. The zero-order valence-corrected chi connectivity index (χ0v) is 17.0. The Hall–Kier alpha value is -3.46. The summed E-state index contributed by atoms with van der Waals surface area (Å²) in [6.07, 6.45) is 1.84. The van der Waals surface area contributed by atoms with E-state index in [4.69, 9.17) is 4.42 Å². The van der Waals surface area contributed by atoms with Crippen LogP contribution < -0.4 is 16.0 Å². The van der Waals surface area contributed by atoms with E-state index in [1.807, 2.05) is 0 Å². The lowest BCUT2D eigenvalue weighted by Gasteiger charge is -2.06. The van der Waals surface area contributed by atoms with Crippen LogP contribution in [-0.4, -0.2) is 22.7 Å². The maximum absolute atomic E-state index is 12.6. The molecule has 2 aromatic heterocycles. The van der Waals surface area contributed by atoms with Gasteiger partial charge in [0.05, 0.1) is 6.54 Å². The predicted octanol–water partition coefficient (Wildman–Crippen LogP) is 3.64. The van der Waals surface area contributed by atoms with E-state index in [0.717, 1.165) is 12.8 Å². The van der Waals surface area contributed by atoms with Crippen LogP contribution in [0.15, 0.2) is 46.2 Å². The van der Waals surface area contributed by atoms with Gasteiger partial charge in [-0.15, -0.1) is 11.3 Å². The summed E-state index contributed by atoms with van der Waals surface area (Å²) in [4.78, 5) is 39.9. The lowest BCUT2D eigenvalue weighted by Crippen LogP contribution is -2.18. The van der Waals surface area contributed by atoms with Gasteiger partial charge in [-0.2, -0.15) is 0 Å². The van der Waals surface area contributed by atoms with Gasteiger partial charge in [-0.25, -0.2) is 4.98 Å². The normalized spacial score (nSPS) is 13.0. The van der Waals surface area contributed by atoms with Gasteiger partial charge in [0.15, 0.2) is 10.9 Å². The molecule has 9 heteroatoms. The summed E-state index contributed by atoms with van der Waals surface area (Å²) in [5.41, 5.74) is 1.62. The Bertz CT molecular complexity index is 1100. The Kier molecular flexibility index (Phi) is 5.62. The largest absolute Gasteiger partial charge is 0.458 e. The predicted molar refractivity (Wildman–Crippen MR) is 113 cm³/mol. The highest BCUT2D eigenvalue weighted by molar-refractivity contribution is 7.14. The lowest BCUT2D eigenvalue weighted by atomic mass is 10.2. The molecule has 4 rings (SSSR count). The number of amides is 3. The highest BCUT2D eigenvalue weighted by Gasteiger charge is 2.29. The zero-order chi connectivity index (χ0) is 21.1. The highest BCUT2D eigenvalue weighted by Crippen LogP contribution is 2.30. The van der Waals surface area contributed by atoms with Gasteiger partial charge in [0.2, 0.25) is 11.8 Å². The number of aromatic nitrogens is 1. The third kappa shape index (κ3) is 4.93. The van der Waals surface area contributed by atoms with Gasteiger partial charge >= 0.3 is 0 Å². The number of carbonyl (C=O) groups is 3. The molecule has 0 bridgehead atoms. The molecule has 0 spiro atoms. The van der Waals surface area contributed by atoms with Crippen molar-refractivity contribution in [2.45, 2.75) is 26.3 Å². The lowest BCUT2D eigenvalue weighted by molar-refractivity contribution is -0.119. The maximum Gasteiger partial charge on any atom is 0.257 e. The molecule has 154 valence electrons. The summed E-state index contributed by atoms with van der Waals surface area (Å²) >= 11 is 1.28. The van der Waals surface area contributed by atoms with Crippen molar-refractivity contribution >= 4 is 39.9 Å². The van der Waals surface area contributed by atoms with Gasteiger partial charge < -0.3 is 15.1 Å². The Morgan fingerprint density at radius 3 is 2.77 bits per heavy atom. The average Bonchev–Trinajstić information content (AvgIpc) is 3.30. The molecule has 1 aliphatic rings. The van der Waals surface area contributed by atoms with Crippen LogP contribution in [0.1, 0.15) is 35.9 Å². The number of hydrogen-bond acceptors (Lipinski definition) is 6. The molecule has 1 fully saturated rings. The minimum atomic E-state index is -0.316. The van der Waals surface area contributed by atoms with Crippen LogP contribution in [0.4, 0.5) is 10.8 Å². The van der Waals surface area contributed by atoms with E-state index in [1.165, 1.54) is 18.3 Å². The molecule has 30 heavy (non-hydrogen) atoms. The average molecular weight is 424 g/mol. The molecule has 3 N–H and O–H groups in total. The van der Waals surface area contributed by atoms with Crippen molar-refractivity contribution in [1.29, 1.82) is 0 Å². The number of thiazole rings is 1. The van der Waals surface area contributed by atoms with Crippen LogP contribution >= 0.6 is 11.3 Å². The fraction of sp³-hybridized carbons (Fsp3) is 0.238. The molecule has 8 nitrogen and oxygen atoms in total. The number of carbonyl (C=O) groups excluding carboxylic acids is 3. The molecule has 0 atom stereocenters. The standard InChI is InChI=1S/C21H20N4O4S/c1-12(26)22-10-16-7-8-18(29-16)17-11-30-21(24-17)25-20(28)14-3-2-4-15(9-14)23-19(27)13-5-6-13/h2-4,7-9,11,13H,5-6,10H2,1H3,(H,22,26)(H,23,27)(H,24,25,28). The third-order valence-corrected chi connectivity index (χ3v) is 5.25. The summed E-state index contributed by atoms with van der Waals surface area (Å²) in [5.74, 6) is 0.803. The summed E-state index contributed by atoms with van der Waals surface area (Å²) in [6.45, 7) is 1.74. The number of anilines is 2. The molecule has 3 amide bonds. The van der Waals surface area contributed by atoms with Crippen LogP contribution in [0.2, 0.25) is 0 Å². The molecule has 0 saturated heterocycles. The van der Waals surface area contributed by atoms with Crippen LogP contribution in [-0.2, 0) is 16.1 Å². The van der Waals surface area contributed by atoms with Gasteiger partial charge in [0.25, 0.3) is 5.91 Å². The second-order valence-electron chi connectivity index (χ2n) is 7.01. The first-order valence-electron chi connectivity index (χ1n) is 9.49. The quantitative estimate of drug-likeness (QED) is 0.536. The van der Waals surface area contributed by atoms with Crippen molar-refractivity contribution in [3.05, 3.63) is 53.1 Å². The van der Waals surface area contributed by atoms with Gasteiger partial charge in [0, 0.05) is 29.5 Å². The molecule has 0 radical (unpaired) electrons. The highest BCUT2D eigenvalue weighted by atomic mass is 32.1. The number of nitrogens with one attached hydrogen (secondary N) is 3. The van der Waals surface area contributed by atoms with E-state index in [2.05, 4.69) is 20.9 Å². The van der Waals surface area contributed by atoms with E-state index >= 15 is 0 Å². The van der Waals surface area contributed by atoms with Crippen LogP contribution in [0.5, 0.6) is 0 Å². The first-order chi connectivity index (χ1) is 14.5. The van der Waals surface area contributed by atoms with Crippen molar-refractivity contribution in [2.75, 3.05) is 10.6 Å². The van der Waals surface area contributed by atoms with Crippen LogP contribution in [0.3, 0.4) is 0 Å². The number of benzene rings is 1. The Morgan fingerprint density at radius 1 is 1.17 bits per heavy atom. The second kappa shape index (κ2) is 8.50. The number of hydrogen-bond donors (Lipinski definition) is 3. The maximum atomic E-state index is 12.6. The second-order valence-corrected chi connectivity index (χ2v) is 7.87. The topological polar surface area (TPSA) is 113 Å². The fourth-order valence-electron chi connectivity index (χ4n) is 2.76. The van der Waals surface area contributed by atoms with Gasteiger partial charge in [-0.1, -0.05) is 6.07 Å². The van der Waals surface area contributed by atoms with Crippen LogP contribution in [0, 0.1) is 5.92 Å². The molecule has 2 heterocycles. The summed E-state index contributed by atoms with van der Waals surface area (Å²) < 4.78 is 5.68. The first kappa shape index (κ1) is 19.8. The molecule has 1 aromatic carbocycles. The van der Waals surface area contributed by atoms with E-state index in [9.17, 15) is 14.4 Å². The molecule has 0 aliphatic heterocycles. The van der Waals surface area contributed by atoms with E-state index in [-0.39, 0.29) is 23.6 Å². The Labute approximate surface area is 176 Å². The molecule has 1 aliphatic carbocycles. The minimum Gasteiger partial charge on any atom is -0.458 e. The number of nitrogens with zero attached hydrogens (tertiary/aromatic N) is 1. The third-order valence-electron chi connectivity index (χ3n) is 4.49. The smallest absolute Gasteiger partial charge is 0.257 e. The van der Waals surface area contributed by atoms with Gasteiger partial charge in [-0.05, 0) is 43.2 Å². The number of rotatable bonds is 7. The van der Waals surface area contributed by atoms with Gasteiger partial charge in [-0.3, -0.25) is 19.7 Å². The molecule has 1 saturated carbocycles. The Balaban J connectivity index is 1.39. The van der Waals surface area contributed by atoms with E-state index < -0.39 is 0 Å². The van der Waals surface area contributed by atoms with E-state index in [0.29, 0.717) is 40.1 Å². The fourth-order valence-corrected chi connectivity index (χ4v) is 3.46. The first-order valence-corrected chi connectivity index (χ1v) is 10.4. The van der Waals surface area contributed by atoms with E-state index in [1.54, 1.807) is 41.8 Å². The summed E-state index contributed by atoms with van der Waals surface area (Å²) in [6, 6.07) is 10.3. The monoisotopic (exact) mass is 424 g/mol. The molecular weight excluding hydrogens is 404 g/mol. The zero-order valence-electron chi connectivity index (χ0n) is 16.2. The SMILES string of the molecule is CC(=O)NCc1ccc(-c2csc(NC(=O)c3cccc(NC(=O)C4CC4)c3)n2)o1. The van der Waals surface area contributed by atoms with Crippen molar-refractivity contribution in [1.82, 2.24) is 10.3 Å². The summed E-state index contributed by atoms with van der Waals surface area (Å²) in [7, 11) is 0. The van der Waals surface area contributed by atoms with Crippen molar-refractivity contribution < 1.29 is 18.8 Å². The number of furan rings is 1. The van der Waals surface area contributed by atoms with Gasteiger partial charge in [0.1, 0.15) is 11.5 Å². The Morgan fingerprint density at radius 2 is 2.00 bits per heavy atom.